The average Bonchev–Trinajstić information content (AvgIpc) is 2.36. The molecule has 0 bridgehead atoms. The van der Waals surface area contributed by atoms with E-state index in [4.69, 9.17) is 9.84 Å². The molecule has 1 atom stereocenters. The molecule has 0 heterocycles. The van der Waals surface area contributed by atoms with Gasteiger partial charge in [0.1, 0.15) is 5.75 Å². The maximum atomic E-state index is 11.5. The van der Waals surface area contributed by atoms with E-state index in [1.807, 2.05) is 25.1 Å². The van der Waals surface area contributed by atoms with E-state index < -0.39 is 0 Å². The van der Waals surface area contributed by atoms with Crippen molar-refractivity contribution in [2.45, 2.75) is 25.8 Å². The quantitative estimate of drug-likeness (QED) is 0.847. The second-order valence-corrected chi connectivity index (χ2v) is 4.86. The van der Waals surface area contributed by atoms with Crippen LogP contribution in [0.3, 0.4) is 0 Å². The van der Waals surface area contributed by atoms with Crippen LogP contribution >= 0.6 is 15.9 Å². The van der Waals surface area contributed by atoms with Crippen LogP contribution in [0.1, 0.15) is 31.4 Å². The molecule has 0 saturated carbocycles. The predicted molar refractivity (Wildman–Crippen MR) is 73.6 cm³/mol. The normalized spacial score (nSPS) is 12.0. The van der Waals surface area contributed by atoms with Gasteiger partial charge in [0.05, 0.1) is 17.6 Å². The van der Waals surface area contributed by atoms with Gasteiger partial charge in [-0.1, -0.05) is 6.07 Å². The molecule has 0 saturated heterocycles. The van der Waals surface area contributed by atoms with Crippen molar-refractivity contribution >= 4 is 21.8 Å². The number of hydrogen-bond donors (Lipinski definition) is 2. The van der Waals surface area contributed by atoms with Crippen molar-refractivity contribution in [1.29, 1.82) is 0 Å². The molecule has 0 spiro atoms. The van der Waals surface area contributed by atoms with Gasteiger partial charge >= 0.3 is 0 Å². The van der Waals surface area contributed by atoms with Gasteiger partial charge in [0.2, 0.25) is 5.91 Å². The SMILES string of the molecule is COc1ccc(C(C)NC(=O)CCCO)cc1Br. The van der Waals surface area contributed by atoms with E-state index in [-0.39, 0.29) is 18.6 Å². The fourth-order valence-electron chi connectivity index (χ4n) is 1.59. The van der Waals surface area contributed by atoms with Crippen LogP contribution < -0.4 is 10.1 Å². The van der Waals surface area contributed by atoms with Gasteiger partial charge in [0.15, 0.2) is 0 Å². The summed E-state index contributed by atoms with van der Waals surface area (Å²) in [5, 5.41) is 11.5. The molecule has 5 heteroatoms. The molecule has 0 radical (unpaired) electrons. The minimum absolute atomic E-state index is 0.0376. The largest absolute Gasteiger partial charge is 0.496 e. The first-order valence-electron chi connectivity index (χ1n) is 5.82. The number of aliphatic hydroxyl groups is 1. The second kappa shape index (κ2) is 7.38. The molecule has 1 rings (SSSR count). The number of ether oxygens (including phenoxy) is 1. The molecule has 1 amide bonds. The maximum Gasteiger partial charge on any atom is 0.220 e. The van der Waals surface area contributed by atoms with Crippen LogP contribution in [-0.2, 0) is 4.79 Å². The van der Waals surface area contributed by atoms with Crippen molar-refractivity contribution < 1.29 is 14.6 Å². The Kier molecular flexibility index (Phi) is 6.15. The van der Waals surface area contributed by atoms with Crippen LogP contribution in [0.5, 0.6) is 5.75 Å². The zero-order valence-corrected chi connectivity index (χ0v) is 12.2. The Morgan fingerprint density at radius 1 is 1.56 bits per heavy atom. The number of hydrogen-bond acceptors (Lipinski definition) is 3. The molecule has 2 N–H and O–H groups in total. The fraction of sp³-hybridized carbons (Fsp3) is 0.462. The van der Waals surface area contributed by atoms with E-state index in [1.165, 1.54) is 0 Å². The standard InChI is InChI=1S/C13H18BrNO3/c1-9(15-13(17)4-3-7-16)10-5-6-12(18-2)11(14)8-10/h5-6,8-9,16H,3-4,7H2,1-2H3,(H,15,17). The van der Waals surface area contributed by atoms with Crippen LogP contribution in [0.15, 0.2) is 22.7 Å². The first-order valence-corrected chi connectivity index (χ1v) is 6.61. The number of carbonyl (C=O) groups excluding carboxylic acids is 1. The third kappa shape index (κ3) is 4.31. The minimum Gasteiger partial charge on any atom is -0.496 e. The highest BCUT2D eigenvalue weighted by molar-refractivity contribution is 9.10. The molecule has 100 valence electrons. The number of amides is 1. The number of rotatable bonds is 6. The van der Waals surface area contributed by atoms with Crippen molar-refractivity contribution in [3.05, 3.63) is 28.2 Å². The van der Waals surface area contributed by atoms with Crippen LogP contribution in [0.4, 0.5) is 0 Å². The highest BCUT2D eigenvalue weighted by atomic mass is 79.9. The molecule has 0 aromatic heterocycles. The first kappa shape index (κ1) is 15.0. The molecule has 1 unspecified atom stereocenters. The third-order valence-corrected chi connectivity index (χ3v) is 3.24. The number of nitrogens with one attached hydrogen (secondary N) is 1. The van der Waals surface area contributed by atoms with E-state index in [9.17, 15) is 4.79 Å². The summed E-state index contributed by atoms with van der Waals surface area (Å²) in [5.41, 5.74) is 1.00. The highest BCUT2D eigenvalue weighted by Crippen LogP contribution is 2.27. The summed E-state index contributed by atoms with van der Waals surface area (Å²) in [5.74, 6) is 0.709. The molecule has 1 aromatic carbocycles. The lowest BCUT2D eigenvalue weighted by Crippen LogP contribution is -2.26. The average molecular weight is 316 g/mol. The van der Waals surface area contributed by atoms with E-state index in [0.29, 0.717) is 12.8 Å². The molecule has 0 aliphatic rings. The van der Waals surface area contributed by atoms with Gasteiger partial charge in [-0.15, -0.1) is 0 Å². The summed E-state index contributed by atoms with van der Waals surface area (Å²) < 4.78 is 6.01. The number of carbonyl (C=O) groups is 1. The minimum atomic E-state index is -0.0709. The van der Waals surface area contributed by atoms with Gasteiger partial charge in [0.25, 0.3) is 0 Å². The summed E-state index contributed by atoms with van der Waals surface area (Å²) >= 11 is 3.41. The van der Waals surface area contributed by atoms with E-state index in [0.717, 1.165) is 15.8 Å². The number of halogens is 1. The molecule has 18 heavy (non-hydrogen) atoms. The van der Waals surface area contributed by atoms with Crippen LogP contribution in [-0.4, -0.2) is 24.7 Å². The Morgan fingerprint density at radius 3 is 2.83 bits per heavy atom. The summed E-state index contributed by atoms with van der Waals surface area (Å²) in [7, 11) is 1.61. The second-order valence-electron chi connectivity index (χ2n) is 4.01. The van der Waals surface area contributed by atoms with Crippen LogP contribution in [0.2, 0.25) is 0 Å². The summed E-state index contributed by atoms with van der Waals surface area (Å²) in [4.78, 5) is 11.5. The molecular weight excluding hydrogens is 298 g/mol. The highest BCUT2D eigenvalue weighted by Gasteiger charge is 2.11. The fourth-order valence-corrected chi connectivity index (χ4v) is 2.15. The van der Waals surface area contributed by atoms with Crippen molar-refractivity contribution in [3.63, 3.8) is 0 Å². The Balaban J connectivity index is 2.63. The summed E-state index contributed by atoms with van der Waals surface area (Å²) in [6, 6.07) is 5.63. The molecule has 1 aromatic rings. The van der Waals surface area contributed by atoms with Crippen LogP contribution in [0.25, 0.3) is 0 Å². The van der Waals surface area contributed by atoms with E-state index >= 15 is 0 Å². The number of benzene rings is 1. The van der Waals surface area contributed by atoms with Gasteiger partial charge in [0, 0.05) is 13.0 Å². The number of aliphatic hydroxyl groups excluding tert-OH is 1. The van der Waals surface area contributed by atoms with Crippen LogP contribution in [0, 0.1) is 0 Å². The maximum absolute atomic E-state index is 11.5. The monoisotopic (exact) mass is 315 g/mol. The molecule has 0 fully saturated rings. The van der Waals surface area contributed by atoms with E-state index in [2.05, 4.69) is 21.2 Å². The Labute approximate surface area is 115 Å². The Hall–Kier alpha value is -1.07. The Bertz CT molecular complexity index is 409. The molecule has 4 nitrogen and oxygen atoms in total. The molecule has 0 aliphatic heterocycles. The van der Waals surface area contributed by atoms with Gasteiger partial charge in [-0.25, -0.2) is 0 Å². The lowest BCUT2D eigenvalue weighted by Gasteiger charge is -2.15. The van der Waals surface area contributed by atoms with Gasteiger partial charge < -0.3 is 15.2 Å². The first-order chi connectivity index (χ1) is 8.58. The molecule has 0 aliphatic carbocycles. The third-order valence-electron chi connectivity index (χ3n) is 2.62. The molecular formula is C13H18BrNO3. The zero-order chi connectivity index (χ0) is 13.5. The zero-order valence-electron chi connectivity index (χ0n) is 10.6. The summed E-state index contributed by atoms with van der Waals surface area (Å²) in [6.07, 6.45) is 0.836. The Morgan fingerprint density at radius 2 is 2.28 bits per heavy atom. The van der Waals surface area contributed by atoms with Gasteiger partial charge in [-0.2, -0.15) is 0 Å². The lowest BCUT2D eigenvalue weighted by molar-refractivity contribution is -0.122. The topological polar surface area (TPSA) is 58.6 Å². The van der Waals surface area contributed by atoms with E-state index in [1.54, 1.807) is 7.11 Å². The lowest BCUT2D eigenvalue weighted by atomic mass is 10.1. The number of methoxy groups -OCH3 is 1. The smallest absolute Gasteiger partial charge is 0.220 e. The predicted octanol–water partition coefficient (Wildman–Crippen LogP) is 2.41. The van der Waals surface area contributed by atoms with Crippen molar-refractivity contribution in [1.82, 2.24) is 5.32 Å². The van der Waals surface area contributed by atoms with Gasteiger partial charge in [-0.05, 0) is 47.0 Å². The van der Waals surface area contributed by atoms with Crippen molar-refractivity contribution in [2.24, 2.45) is 0 Å². The van der Waals surface area contributed by atoms with Gasteiger partial charge in [-0.3, -0.25) is 4.79 Å². The summed E-state index contributed by atoms with van der Waals surface area (Å²) in [6.45, 7) is 1.96. The van der Waals surface area contributed by atoms with Crippen molar-refractivity contribution in [3.8, 4) is 5.75 Å². The van der Waals surface area contributed by atoms with Crippen molar-refractivity contribution in [2.75, 3.05) is 13.7 Å².